The van der Waals surface area contributed by atoms with Crippen molar-refractivity contribution in [3.63, 3.8) is 0 Å². The van der Waals surface area contributed by atoms with Gasteiger partial charge in [0.15, 0.2) is 5.78 Å². The average Bonchev–Trinajstić information content (AvgIpc) is 2.37. The standard InChI is InChI=1S/C12H12BrClO3/c1-17-12(16)8-2-3-9(7-14)10(6-8)11(15)4-5-13/h2-3,6H,4-5,7H2,1H3. The Labute approximate surface area is 113 Å². The van der Waals surface area contributed by atoms with Crippen LogP contribution in [0.5, 0.6) is 0 Å². The van der Waals surface area contributed by atoms with E-state index in [-0.39, 0.29) is 11.7 Å². The van der Waals surface area contributed by atoms with Crippen LogP contribution in [0.3, 0.4) is 0 Å². The van der Waals surface area contributed by atoms with E-state index in [0.29, 0.717) is 22.9 Å². The molecule has 0 amide bonds. The Morgan fingerprint density at radius 3 is 2.65 bits per heavy atom. The zero-order chi connectivity index (χ0) is 12.8. The molecule has 0 atom stereocenters. The maximum Gasteiger partial charge on any atom is 0.337 e. The molecular formula is C12H12BrClO3. The van der Waals surface area contributed by atoms with Gasteiger partial charge in [0.05, 0.1) is 12.7 Å². The van der Waals surface area contributed by atoms with Gasteiger partial charge < -0.3 is 4.74 Å². The van der Waals surface area contributed by atoms with E-state index in [1.54, 1.807) is 12.1 Å². The van der Waals surface area contributed by atoms with Crippen molar-refractivity contribution in [2.45, 2.75) is 12.3 Å². The summed E-state index contributed by atoms with van der Waals surface area (Å²) in [6, 6.07) is 4.82. The number of rotatable bonds is 5. The molecule has 17 heavy (non-hydrogen) atoms. The highest BCUT2D eigenvalue weighted by atomic mass is 79.9. The van der Waals surface area contributed by atoms with Gasteiger partial charge in [-0.2, -0.15) is 0 Å². The summed E-state index contributed by atoms with van der Waals surface area (Å²) in [5, 5.41) is 0.579. The quantitative estimate of drug-likeness (QED) is 0.475. The Bertz CT molecular complexity index is 432. The van der Waals surface area contributed by atoms with Gasteiger partial charge in [-0.15, -0.1) is 11.6 Å². The number of ketones is 1. The molecular weight excluding hydrogens is 307 g/mol. The third-order valence-electron chi connectivity index (χ3n) is 2.30. The second-order valence-electron chi connectivity index (χ2n) is 3.36. The molecule has 0 N–H and O–H groups in total. The summed E-state index contributed by atoms with van der Waals surface area (Å²) in [4.78, 5) is 23.2. The SMILES string of the molecule is COC(=O)c1ccc(CCl)c(C(=O)CCBr)c1. The summed E-state index contributed by atoms with van der Waals surface area (Å²) in [7, 11) is 1.30. The molecule has 0 fully saturated rings. The van der Waals surface area contributed by atoms with Crippen molar-refractivity contribution in [3.05, 3.63) is 34.9 Å². The molecule has 92 valence electrons. The van der Waals surface area contributed by atoms with Gasteiger partial charge in [0.25, 0.3) is 0 Å². The molecule has 0 saturated heterocycles. The van der Waals surface area contributed by atoms with E-state index in [1.165, 1.54) is 13.2 Å². The number of alkyl halides is 2. The van der Waals surface area contributed by atoms with E-state index in [1.807, 2.05) is 0 Å². The molecule has 0 aromatic heterocycles. The third-order valence-corrected chi connectivity index (χ3v) is 2.98. The molecule has 1 aromatic carbocycles. The molecule has 5 heteroatoms. The largest absolute Gasteiger partial charge is 0.465 e. The van der Waals surface area contributed by atoms with Crippen molar-refractivity contribution in [1.82, 2.24) is 0 Å². The third kappa shape index (κ3) is 3.54. The summed E-state index contributed by atoms with van der Waals surface area (Å²) in [5.41, 5.74) is 1.58. The van der Waals surface area contributed by atoms with Crippen LogP contribution in [0.4, 0.5) is 0 Å². The maximum absolute atomic E-state index is 11.8. The first kappa shape index (κ1) is 14.2. The van der Waals surface area contributed by atoms with Gasteiger partial charge in [0, 0.05) is 23.2 Å². The monoisotopic (exact) mass is 318 g/mol. The summed E-state index contributed by atoms with van der Waals surface area (Å²) in [5.74, 6) is -0.257. The van der Waals surface area contributed by atoms with Crippen LogP contribution in [0.25, 0.3) is 0 Å². The number of carbonyl (C=O) groups excluding carboxylic acids is 2. The van der Waals surface area contributed by atoms with Gasteiger partial charge >= 0.3 is 5.97 Å². The van der Waals surface area contributed by atoms with Crippen molar-refractivity contribution in [2.24, 2.45) is 0 Å². The van der Waals surface area contributed by atoms with Crippen LogP contribution in [0.2, 0.25) is 0 Å². The Morgan fingerprint density at radius 2 is 2.12 bits per heavy atom. The number of hydrogen-bond acceptors (Lipinski definition) is 3. The molecule has 0 unspecified atom stereocenters. The second-order valence-corrected chi connectivity index (χ2v) is 4.42. The lowest BCUT2D eigenvalue weighted by atomic mass is 10.00. The molecule has 3 nitrogen and oxygen atoms in total. The predicted octanol–water partition coefficient (Wildman–Crippen LogP) is 3.18. The summed E-state index contributed by atoms with van der Waals surface area (Å²) in [6.07, 6.45) is 0.370. The lowest BCUT2D eigenvalue weighted by Gasteiger charge is -2.07. The first-order chi connectivity index (χ1) is 8.13. The molecule has 0 saturated carbocycles. The molecule has 0 aliphatic rings. The molecule has 1 aromatic rings. The fourth-order valence-corrected chi connectivity index (χ4v) is 2.01. The number of Topliss-reactive ketones (excluding diaryl/α,β-unsaturated/α-hetero) is 1. The highest BCUT2D eigenvalue weighted by molar-refractivity contribution is 9.09. The minimum absolute atomic E-state index is 0.0386. The first-order valence-corrected chi connectivity index (χ1v) is 6.66. The second kappa shape index (κ2) is 6.77. The van der Waals surface area contributed by atoms with E-state index in [0.717, 1.165) is 5.56 Å². The molecule has 0 heterocycles. The van der Waals surface area contributed by atoms with Gasteiger partial charge in [0.2, 0.25) is 0 Å². The molecule has 0 aliphatic carbocycles. The summed E-state index contributed by atoms with van der Waals surface area (Å²) < 4.78 is 4.61. The lowest BCUT2D eigenvalue weighted by Crippen LogP contribution is -2.08. The van der Waals surface area contributed by atoms with E-state index in [2.05, 4.69) is 20.7 Å². The van der Waals surface area contributed by atoms with Crippen LogP contribution in [-0.2, 0) is 10.6 Å². The van der Waals surface area contributed by atoms with Crippen LogP contribution in [0.1, 0.15) is 32.7 Å². The van der Waals surface area contributed by atoms with E-state index >= 15 is 0 Å². The van der Waals surface area contributed by atoms with Gasteiger partial charge in [-0.1, -0.05) is 22.0 Å². The topological polar surface area (TPSA) is 43.4 Å². The predicted molar refractivity (Wildman–Crippen MR) is 70.1 cm³/mol. The number of carbonyl (C=O) groups is 2. The Balaban J connectivity index is 3.15. The number of ether oxygens (including phenoxy) is 1. The van der Waals surface area contributed by atoms with Crippen LogP contribution in [-0.4, -0.2) is 24.2 Å². The van der Waals surface area contributed by atoms with Gasteiger partial charge in [-0.05, 0) is 17.7 Å². The number of halogens is 2. The fraction of sp³-hybridized carbons (Fsp3) is 0.333. The van der Waals surface area contributed by atoms with E-state index < -0.39 is 5.97 Å². The highest BCUT2D eigenvalue weighted by Crippen LogP contribution is 2.17. The number of benzene rings is 1. The molecule has 0 radical (unpaired) electrons. The van der Waals surface area contributed by atoms with Crippen molar-refractivity contribution >= 4 is 39.3 Å². The number of hydrogen-bond donors (Lipinski definition) is 0. The molecule has 0 aliphatic heterocycles. The smallest absolute Gasteiger partial charge is 0.337 e. The van der Waals surface area contributed by atoms with Crippen LogP contribution in [0.15, 0.2) is 18.2 Å². The van der Waals surface area contributed by atoms with Crippen molar-refractivity contribution < 1.29 is 14.3 Å². The van der Waals surface area contributed by atoms with Gasteiger partial charge in [-0.3, -0.25) is 4.79 Å². The van der Waals surface area contributed by atoms with Crippen LogP contribution < -0.4 is 0 Å². The first-order valence-electron chi connectivity index (χ1n) is 5.00. The van der Waals surface area contributed by atoms with Crippen molar-refractivity contribution in [3.8, 4) is 0 Å². The Kier molecular flexibility index (Phi) is 5.65. The average molecular weight is 320 g/mol. The fourth-order valence-electron chi connectivity index (χ4n) is 1.42. The Morgan fingerprint density at radius 1 is 1.41 bits per heavy atom. The minimum Gasteiger partial charge on any atom is -0.465 e. The van der Waals surface area contributed by atoms with E-state index in [9.17, 15) is 9.59 Å². The molecule has 0 spiro atoms. The highest BCUT2D eigenvalue weighted by Gasteiger charge is 2.14. The lowest BCUT2D eigenvalue weighted by molar-refractivity contribution is 0.0600. The van der Waals surface area contributed by atoms with Crippen molar-refractivity contribution in [2.75, 3.05) is 12.4 Å². The molecule has 0 bridgehead atoms. The maximum atomic E-state index is 11.8. The van der Waals surface area contributed by atoms with Gasteiger partial charge in [-0.25, -0.2) is 4.79 Å². The number of methoxy groups -OCH3 is 1. The van der Waals surface area contributed by atoms with Gasteiger partial charge in [0.1, 0.15) is 0 Å². The minimum atomic E-state index is -0.459. The summed E-state index contributed by atoms with van der Waals surface area (Å²) >= 11 is 8.97. The van der Waals surface area contributed by atoms with E-state index in [4.69, 9.17) is 11.6 Å². The number of esters is 1. The zero-order valence-electron chi connectivity index (χ0n) is 9.33. The zero-order valence-corrected chi connectivity index (χ0v) is 11.7. The van der Waals surface area contributed by atoms with Crippen LogP contribution in [0, 0.1) is 0 Å². The molecule has 1 rings (SSSR count). The Hall–Kier alpha value is -0.870. The summed E-state index contributed by atoms with van der Waals surface area (Å²) in [6.45, 7) is 0. The van der Waals surface area contributed by atoms with Crippen molar-refractivity contribution in [1.29, 1.82) is 0 Å². The van der Waals surface area contributed by atoms with Crippen LogP contribution >= 0.6 is 27.5 Å². The normalized spacial score (nSPS) is 10.1.